The molecule has 1 aliphatic rings. The molecular formula is C17H24N8O2. The van der Waals surface area contributed by atoms with Gasteiger partial charge in [-0.05, 0) is 34.1 Å². The zero-order valence-corrected chi connectivity index (χ0v) is 16.0. The van der Waals surface area contributed by atoms with Crippen LogP contribution in [-0.4, -0.2) is 59.7 Å². The van der Waals surface area contributed by atoms with Crippen molar-refractivity contribution in [3.63, 3.8) is 0 Å². The lowest BCUT2D eigenvalue weighted by molar-refractivity contribution is 0.198. The smallest absolute Gasteiger partial charge is 0.227 e. The summed E-state index contributed by atoms with van der Waals surface area (Å²) >= 11 is 0. The molecule has 27 heavy (non-hydrogen) atoms. The van der Waals surface area contributed by atoms with Crippen molar-refractivity contribution in [1.29, 1.82) is 0 Å². The molecule has 4 heterocycles. The second kappa shape index (κ2) is 6.45. The lowest BCUT2D eigenvalue weighted by Crippen LogP contribution is -2.29. The van der Waals surface area contributed by atoms with Crippen LogP contribution >= 0.6 is 0 Å². The van der Waals surface area contributed by atoms with Gasteiger partial charge in [0.15, 0.2) is 17.0 Å². The third kappa shape index (κ3) is 3.57. The highest BCUT2D eigenvalue weighted by atomic mass is 16.6. The molecule has 144 valence electrons. The van der Waals surface area contributed by atoms with Crippen LogP contribution in [0.1, 0.15) is 38.6 Å². The normalized spacial score (nSPS) is 17.8. The minimum Gasteiger partial charge on any atom is -0.391 e. The van der Waals surface area contributed by atoms with E-state index in [-0.39, 0.29) is 11.6 Å². The first kappa shape index (κ1) is 17.7. The van der Waals surface area contributed by atoms with Gasteiger partial charge in [-0.15, -0.1) is 0 Å². The van der Waals surface area contributed by atoms with Crippen LogP contribution in [0.3, 0.4) is 0 Å². The molecule has 0 aliphatic carbocycles. The molecule has 1 fully saturated rings. The molecule has 3 aromatic heterocycles. The second-order valence-electron chi connectivity index (χ2n) is 7.98. The first-order chi connectivity index (χ1) is 12.8. The summed E-state index contributed by atoms with van der Waals surface area (Å²) in [5.74, 6) is 1.26. The van der Waals surface area contributed by atoms with Gasteiger partial charge in [0.05, 0.1) is 19.0 Å². The maximum atomic E-state index is 9.94. The molecule has 1 atom stereocenters. The number of imidazole rings is 1. The van der Waals surface area contributed by atoms with Gasteiger partial charge in [0.2, 0.25) is 5.95 Å². The molecule has 0 bridgehead atoms. The number of β-amino-alcohol motifs (C(OH)–C–C–N with tert-alkyl or cyclic N) is 1. The second-order valence-corrected chi connectivity index (χ2v) is 7.98. The number of nitrogens with one attached hydrogen (secondary N) is 1. The van der Waals surface area contributed by atoms with Crippen LogP contribution in [0.25, 0.3) is 11.2 Å². The van der Waals surface area contributed by atoms with Crippen molar-refractivity contribution in [2.75, 3.05) is 23.3 Å². The Kier molecular flexibility index (Phi) is 4.22. The van der Waals surface area contributed by atoms with E-state index >= 15 is 0 Å². The van der Waals surface area contributed by atoms with Crippen LogP contribution in [0.5, 0.6) is 0 Å². The highest BCUT2D eigenvalue weighted by Gasteiger charge is 2.26. The van der Waals surface area contributed by atoms with Crippen molar-refractivity contribution in [3.8, 4) is 0 Å². The topological polar surface area (TPSA) is 118 Å². The fraction of sp³-hybridized carbons (Fsp3) is 0.588. The van der Waals surface area contributed by atoms with E-state index in [2.05, 4.69) is 46.3 Å². The Morgan fingerprint density at radius 2 is 2.11 bits per heavy atom. The Balaban J connectivity index is 1.79. The Morgan fingerprint density at radius 3 is 2.74 bits per heavy atom. The van der Waals surface area contributed by atoms with Gasteiger partial charge in [0, 0.05) is 18.6 Å². The van der Waals surface area contributed by atoms with Crippen LogP contribution in [0, 0.1) is 6.92 Å². The molecule has 4 rings (SSSR count). The van der Waals surface area contributed by atoms with Crippen molar-refractivity contribution in [3.05, 3.63) is 17.7 Å². The predicted octanol–water partition coefficient (Wildman–Crippen LogP) is 1.35. The molecule has 0 spiro atoms. The summed E-state index contributed by atoms with van der Waals surface area (Å²) < 4.78 is 6.71. The third-order valence-electron chi connectivity index (χ3n) is 4.46. The summed E-state index contributed by atoms with van der Waals surface area (Å²) in [7, 11) is 0. The molecule has 0 aromatic carbocycles. The van der Waals surface area contributed by atoms with Gasteiger partial charge in [-0.1, -0.05) is 10.3 Å². The Morgan fingerprint density at radius 1 is 1.30 bits per heavy atom. The quantitative estimate of drug-likeness (QED) is 0.699. The molecule has 0 amide bonds. The molecule has 0 radical (unpaired) electrons. The summed E-state index contributed by atoms with van der Waals surface area (Å²) in [6, 6.07) is 0. The third-order valence-corrected chi connectivity index (χ3v) is 4.46. The number of hydrogen-bond acceptors (Lipinski definition) is 9. The number of hydrogen-bond donors (Lipinski definition) is 2. The van der Waals surface area contributed by atoms with Gasteiger partial charge in [-0.2, -0.15) is 9.97 Å². The summed E-state index contributed by atoms with van der Waals surface area (Å²) in [4.78, 5) is 16.0. The molecule has 0 saturated carbocycles. The van der Waals surface area contributed by atoms with Gasteiger partial charge in [0.1, 0.15) is 11.4 Å². The summed E-state index contributed by atoms with van der Waals surface area (Å²) in [6.07, 6.45) is 2.10. The van der Waals surface area contributed by atoms with Crippen molar-refractivity contribution in [1.82, 2.24) is 29.8 Å². The number of anilines is 2. The zero-order chi connectivity index (χ0) is 19.2. The van der Waals surface area contributed by atoms with E-state index in [0.29, 0.717) is 30.2 Å². The number of fused-ring (bicyclic) bond motifs is 1. The Labute approximate surface area is 156 Å². The lowest BCUT2D eigenvalue weighted by Gasteiger charge is -2.23. The lowest BCUT2D eigenvalue weighted by atomic mass is 10.1. The van der Waals surface area contributed by atoms with Crippen LogP contribution in [0.2, 0.25) is 0 Å². The number of aliphatic hydroxyl groups is 1. The molecule has 3 aromatic rings. The average Bonchev–Trinajstić information content (AvgIpc) is 3.28. The van der Waals surface area contributed by atoms with Gasteiger partial charge < -0.3 is 19.9 Å². The van der Waals surface area contributed by atoms with E-state index in [4.69, 9.17) is 14.6 Å². The first-order valence-electron chi connectivity index (χ1n) is 9.02. The largest absolute Gasteiger partial charge is 0.391 e. The van der Waals surface area contributed by atoms with Gasteiger partial charge in [0.25, 0.3) is 0 Å². The number of aliphatic hydroxyl groups excluding tert-OH is 1. The maximum absolute atomic E-state index is 9.94. The standard InChI is InChI=1S/C17H24N8O2/c1-10-12(23-27-22-10)8-25-9-18-13-14(24-6-5-11(26)7-24)19-16(20-15(13)25)21-17(2,3)4/h9,11,26H,5-8H2,1-4H3,(H,19,20,21). The molecule has 2 N–H and O–H groups in total. The van der Waals surface area contributed by atoms with Crippen molar-refractivity contribution in [2.45, 2.75) is 52.3 Å². The molecule has 1 aliphatic heterocycles. The SMILES string of the molecule is Cc1nonc1Cn1cnc2c(N3CCC(O)C3)nc(NC(C)(C)C)nc21. The van der Waals surface area contributed by atoms with E-state index in [1.165, 1.54) is 0 Å². The molecule has 1 saturated heterocycles. The van der Waals surface area contributed by atoms with Crippen molar-refractivity contribution in [2.24, 2.45) is 0 Å². The predicted molar refractivity (Wildman–Crippen MR) is 99.7 cm³/mol. The minimum absolute atomic E-state index is 0.188. The van der Waals surface area contributed by atoms with E-state index in [9.17, 15) is 5.11 Å². The van der Waals surface area contributed by atoms with Gasteiger partial charge in [-0.3, -0.25) is 0 Å². The number of aryl methyl sites for hydroxylation is 1. The minimum atomic E-state index is -0.347. The zero-order valence-electron chi connectivity index (χ0n) is 16.0. The monoisotopic (exact) mass is 372 g/mol. The van der Waals surface area contributed by atoms with E-state index in [1.54, 1.807) is 6.33 Å². The van der Waals surface area contributed by atoms with E-state index in [1.807, 2.05) is 11.5 Å². The van der Waals surface area contributed by atoms with Crippen LogP contribution in [-0.2, 0) is 6.54 Å². The molecule has 10 nitrogen and oxygen atoms in total. The fourth-order valence-corrected chi connectivity index (χ4v) is 3.15. The van der Waals surface area contributed by atoms with Gasteiger partial charge >= 0.3 is 0 Å². The first-order valence-corrected chi connectivity index (χ1v) is 9.02. The van der Waals surface area contributed by atoms with Crippen molar-refractivity contribution < 1.29 is 9.74 Å². The fourth-order valence-electron chi connectivity index (χ4n) is 3.15. The number of aromatic nitrogens is 6. The highest BCUT2D eigenvalue weighted by Crippen LogP contribution is 2.28. The van der Waals surface area contributed by atoms with E-state index < -0.39 is 0 Å². The molecule has 10 heteroatoms. The average molecular weight is 372 g/mol. The number of rotatable bonds is 4. The summed E-state index contributed by atoms with van der Waals surface area (Å²) in [5.41, 5.74) is 2.69. The maximum Gasteiger partial charge on any atom is 0.227 e. The van der Waals surface area contributed by atoms with Crippen LogP contribution < -0.4 is 10.2 Å². The number of nitrogens with zero attached hydrogens (tertiary/aromatic N) is 7. The Bertz CT molecular complexity index is 958. The molecule has 1 unspecified atom stereocenters. The molecular weight excluding hydrogens is 348 g/mol. The Hall–Kier alpha value is -2.75. The van der Waals surface area contributed by atoms with Gasteiger partial charge in [-0.25, -0.2) is 9.61 Å². The summed E-state index contributed by atoms with van der Waals surface area (Å²) in [6.45, 7) is 9.76. The van der Waals surface area contributed by atoms with Crippen LogP contribution in [0.4, 0.5) is 11.8 Å². The summed E-state index contributed by atoms with van der Waals surface area (Å²) in [5, 5.41) is 21.1. The highest BCUT2D eigenvalue weighted by molar-refractivity contribution is 5.85. The van der Waals surface area contributed by atoms with E-state index in [0.717, 1.165) is 30.2 Å². The van der Waals surface area contributed by atoms with Crippen molar-refractivity contribution >= 4 is 22.9 Å². The van der Waals surface area contributed by atoms with Crippen LogP contribution in [0.15, 0.2) is 11.0 Å².